The summed E-state index contributed by atoms with van der Waals surface area (Å²) in [4.78, 5) is 9.26. The first-order chi connectivity index (χ1) is 12.9. The van der Waals surface area contributed by atoms with E-state index >= 15 is 0 Å². The van der Waals surface area contributed by atoms with E-state index in [0.29, 0.717) is 17.4 Å². The molecule has 3 rings (SSSR count). The van der Waals surface area contributed by atoms with Crippen molar-refractivity contribution < 1.29 is 31.5 Å². The molecule has 0 saturated heterocycles. The van der Waals surface area contributed by atoms with Gasteiger partial charge in [-0.15, -0.1) is 0 Å². The molecule has 0 aromatic heterocycles. The molecule has 0 bridgehead atoms. The van der Waals surface area contributed by atoms with Crippen molar-refractivity contribution in [1.82, 2.24) is 4.72 Å². The zero-order valence-electron chi connectivity index (χ0n) is 15.3. The van der Waals surface area contributed by atoms with Gasteiger partial charge in [0.15, 0.2) is 0 Å². The Labute approximate surface area is 162 Å². The molecule has 0 amide bonds. The summed E-state index contributed by atoms with van der Waals surface area (Å²) in [6, 6.07) is 7.33. The van der Waals surface area contributed by atoms with E-state index in [1.54, 1.807) is 6.07 Å². The Hall–Kier alpha value is -1.65. The number of hydrogen-bond donors (Lipinski definition) is 3. The Morgan fingerprint density at radius 1 is 1.21 bits per heavy atom. The van der Waals surface area contributed by atoms with Crippen LogP contribution in [0.2, 0.25) is 0 Å². The van der Waals surface area contributed by atoms with Crippen molar-refractivity contribution in [3.05, 3.63) is 29.8 Å². The second kappa shape index (κ2) is 8.79. The third-order valence-electron chi connectivity index (χ3n) is 4.92. The number of carboxylic acids is 1. The Balaban J connectivity index is 0.000000345. The van der Waals surface area contributed by atoms with E-state index in [4.69, 9.17) is 15.6 Å². The maximum Gasteiger partial charge on any atom is 0.490 e. The summed E-state index contributed by atoms with van der Waals surface area (Å²) in [6.45, 7) is 0.336. The molecule has 2 saturated carbocycles. The van der Waals surface area contributed by atoms with Crippen molar-refractivity contribution in [2.75, 3.05) is 6.54 Å². The van der Waals surface area contributed by atoms with Crippen LogP contribution in [0.15, 0.2) is 29.2 Å². The van der Waals surface area contributed by atoms with Crippen molar-refractivity contribution >= 4 is 16.0 Å². The van der Waals surface area contributed by atoms with Crippen LogP contribution in [0.1, 0.15) is 56.4 Å². The molecule has 0 spiro atoms. The first-order valence-corrected chi connectivity index (χ1v) is 10.6. The Morgan fingerprint density at radius 2 is 1.79 bits per heavy atom. The lowest BCUT2D eigenvalue weighted by molar-refractivity contribution is -0.192. The van der Waals surface area contributed by atoms with Gasteiger partial charge in [-0.1, -0.05) is 31.4 Å². The van der Waals surface area contributed by atoms with Gasteiger partial charge in [0.1, 0.15) is 0 Å². The highest BCUT2D eigenvalue weighted by molar-refractivity contribution is 7.89. The lowest BCUT2D eigenvalue weighted by Gasteiger charge is -2.33. The third-order valence-corrected chi connectivity index (χ3v) is 6.32. The van der Waals surface area contributed by atoms with Crippen LogP contribution in [0.25, 0.3) is 0 Å². The summed E-state index contributed by atoms with van der Waals surface area (Å²) >= 11 is 0. The lowest BCUT2D eigenvalue weighted by atomic mass is 9.83. The van der Waals surface area contributed by atoms with Gasteiger partial charge in [0.25, 0.3) is 0 Å². The molecule has 1 aromatic carbocycles. The topological polar surface area (TPSA) is 109 Å². The molecule has 0 heterocycles. The number of carbonyl (C=O) groups is 1. The van der Waals surface area contributed by atoms with Crippen LogP contribution in [-0.4, -0.2) is 37.8 Å². The fraction of sp³-hybridized carbons (Fsp3) is 0.611. The highest BCUT2D eigenvalue weighted by Gasteiger charge is 2.38. The van der Waals surface area contributed by atoms with Gasteiger partial charge in [-0.05, 0) is 49.3 Å². The third kappa shape index (κ3) is 6.75. The molecular formula is C18H25F3N2O4S. The van der Waals surface area contributed by atoms with Gasteiger partial charge in [0, 0.05) is 12.1 Å². The molecule has 0 atom stereocenters. The maximum atomic E-state index is 12.4. The fourth-order valence-corrected chi connectivity index (χ4v) is 4.30. The number of rotatable bonds is 5. The molecule has 2 aliphatic carbocycles. The highest BCUT2D eigenvalue weighted by atomic mass is 32.2. The second-order valence-electron chi connectivity index (χ2n) is 7.40. The largest absolute Gasteiger partial charge is 0.490 e. The molecule has 1 aromatic rings. The summed E-state index contributed by atoms with van der Waals surface area (Å²) in [7, 11) is -3.46. The average Bonchev–Trinajstić information content (AvgIpc) is 3.46. The van der Waals surface area contributed by atoms with Crippen LogP contribution in [0.3, 0.4) is 0 Å². The number of benzene rings is 1. The number of hydrogen-bond acceptors (Lipinski definition) is 4. The zero-order chi connectivity index (χ0) is 21.0. The van der Waals surface area contributed by atoms with Crippen LogP contribution < -0.4 is 10.5 Å². The summed E-state index contributed by atoms with van der Waals surface area (Å²) < 4.78 is 59.3. The van der Waals surface area contributed by atoms with E-state index in [9.17, 15) is 21.6 Å². The van der Waals surface area contributed by atoms with E-state index < -0.39 is 22.2 Å². The fourth-order valence-electron chi connectivity index (χ4n) is 3.11. The lowest BCUT2D eigenvalue weighted by Crippen LogP contribution is -2.51. The summed E-state index contributed by atoms with van der Waals surface area (Å²) in [5.41, 5.74) is 7.07. The smallest absolute Gasteiger partial charge is 0.475 e. The van der Waals surface area contributed by atoms with Crippen LogP contribution in [0.4, 0.5) is 13.2 Å². The molecule has 0 unspecified atom stereocenters. The molecule has 158 valence electrons. The molecule has 6 nitrogen and oxygen atoms in total. The van der Waals surface area contributed by atoms with Crippen molar-refractivity contribution in [2.24, 2.45) is 5.73 Å². The van der Waals surface area contributed by atoms with Gasteiger partial charge in [0.05, 0.1) is 4.90 Å². The van der Waals surface area contributed by atoms with E-state index in [1.807, 2.05) is 18.2 Å². The molecular weight excluding hydrogens is 397 g/mol. The zero-order valence-corrected chi connectivity index (χ0v) is 16.2. The minimum atomic E-state index is -5.08. The molecule has 4 N–H and O–H groups in total. The number of nitrogens with two attached hydrogens (primary N) is 1. The monoisotopic (exact) mass is 422 g/mol. The molecule has 0 aliphatic heterocycles. The van der Waals surface area contributed by atoms with Gasteiger partial charge in [-0.3, -0.25) is 0 Å². The number of aliphatic carboxylic acids is 1. The van der Waals surface area contributed by atoms with E-state index in [2.05, 4.69) is 4.72 Å². The average molecular weight is 422 g/mol. The number of alkyl halides is 3. The van der Waals surface area contributed by atoms with Gasteiger partial charge < -0.3 is 10.8 Å². The molecule has 2 aliphatic rings. The minimum absolute atomic E-state index is 0.336. The van der Waals surface area contributed by atoms with E-state index in [0.717, 1.165) is 31.2 Å². The first kappa shape index (κ1) is 22.6. The quantitative estimate of drug-likeness (QED) is 0.675. The molecule has 10 heteroatoms. The van der Waals surface area contributed by atoms with Crippen molar-refractivity contribution in [3.8, 4) is 0 Å². The number of carboxylic acid groups (broad SMARTS) is 1. The van der Waals surface area contributed by atoms with Crippen LogP contribution >= 0.6 is 0 Å². The summed E-state index contributed by atoms with van der Waals surface area (Å²) in [5.74, 6) is -2.20. The van der Waals surface area contributed by atoms with Crippen LogP contribution in [-0.2, 0) is 14.8 Å². The maximum absolute atomic E-state index is 12.4. The summed E-state index contributed by atoms with van der Waals surface area (Å²) in [6.07, 6.45) is 2.45. The number of sulfonamides is 1. The van der Waals surface area contributed by atoms with E-state index in [1.165, 1.54) is 19.3 Å². The van der Waals surface area contributed by atoms with Gasteiger partial charge >= 0.3 is 12.1 Å². The van der Waals surface area contributed by atoms with Crippen LogP contribution in [0.5, 0.6) is 0 Å². The van der Waals surface area contributed by atoms with Crippen molar-refractivity contribution in [1.29, 1.82) is 0 Å². The van der Waals surface area contributed by atoms with Crippen LogP contribution in [0, 0.1) is 0 Å². The Kier molecular flexibility index (Phi) is 7.11. The predicted molar refractivity (Wildman–Crippen MR) is 97.3 cm³/mol. The number of nitrogens with one attached hydrogen (secondary N) is 1. The van der Waals surface area contributed by atoms with Gasteiger partial charge in [-0.25, -0.2) is 17.9 Å². The van der Waals surface area contributed by atoms with Crippen molar-refractivity contribution in [2.45, 2.75) is 67.5 Å². The van der Waals surface area contributed by atoms with Gasteiger partial charge in [0.2, 0.25) is 10.0 Å². The Bertz CT molecular complexity index is 786. The minimum Gasteiger partial charge on any atom is -0.475 e. The molecule has 0 radical (unpaired) electrons. The predicted octanol–water partition coefficient (Wildman–Crippen LogP) is 3.14. The van der Waals surface area contributed by atoms with Gasteiger partial charge in [-0.2, -0.15) is 13.2 Å². The standard InChI is InChI=1S/C16H24N2O2S.C2HF3O2/c17-16(9-2-1-3-10-16)12-18-21(19,20)15-6-4-5-14(11-15)13-7-8-13;3-2(4,5)1(6)7/h4-6,11,13,18H,1-3,7-10,12,17H2;(H,6,7). The first-order valence-electron chi connectivity index (χ1n) is 9.12. The molecule has 2 fully saturated rings. The SMILES string of the molecule is NC1(CNS(=O)(=O)c2cccc(C3CC3)c2)CCCCC1.O=C(O)C(F)(F)F. The second-order valence-corrected chi connectivity index (χ2v) is 9.16. The highest BCUT2D eigenvalue weighted by Crippen LogP contribution is 2.40. The summed E-state index contributed by atoms with van der Waals surface area (Å²) in [5, 5.41) is 7.12. The van der Waals surface area contributed by atoms with Crippen molar-refractivity contribution in [3.63, 3.8) is 0 Å². The van der Waals surface area contributed by atoms with E-state index in [-0.39, 0.29) is 5.54 Å². The Morgan fingerprint density at radius 3 is 2.29 bits per heavy atom. The normalized spacial score (nSPS) is 19.4. The molecule has 28 heavy (non-hydrogen) atoms. The number of halogens is 3.